The summed E-state index contributed by atoms with van der Waals surface area (Å²) in [6.45, 7) is 6.79. The number of hydrogen-bond donors (Lipinski definition) is 0. The van der Waals surface area contributed by atoms with Gasteiger partial charge in [0.2, 0.25) is 0 Å². The standard InChI is InChI=1S/C21H23N5O2/c1-13(2)9-11-25-12-10-17-18(20(25)27)19(15-5-7-16(28-4)8-6-15)26-21(23-17)22-14(3)24-26/h5-8,10,12-13H,9,11H2,1-4H3. The number of aryl methyl sites for hydroxylation is 2. The first-order valence-corrected chi connectivity index (χ1v) is 9.39. The van der Waals surface area contributed by atoms with Crippen LogP contribution in [0.1, 0.15) is 26.1 Å². The minimum Gasteiger partial charge on any atom is -0.497 e. The topological polar surface area (TPSA) is 74.3 Å². The van der Waals surface area contributed by atoms with Gasteiger partial charge in [0.05, 0.1) is 23.7 Å². The zero-order chi connectivity index (χ0) is 19.8. The molecule has 0 amide bonds. The molecule has 0 N–H and O–H groups in total. The summed E-state index contributed by atoms with van der Waals surface area (Å²) in [7, 11) is 1.63. The zero-order valence-corrected chi connectivity index (χ0v) is 16.5. The molecule has 0 bridgehead atoms. The van der Waals surface area contributed by atoms with Gasteiger partial charge in [-0.1, -0.05) is 13.8 Å². The molecule has 0 aliphatic rings. The van der Waals surface area contributed by atoms with E-state index in [1.54, 1.807) is 16.2 Å². The molecule has 0 saturated carbocycles. The highest BCUT2D eigenvalue weighted by Gasteiger charge is 2.18. The summed E-state index contributed by atoms with van der Waals surface area (Å²) in [5.74, 6) is 2.36. The fraction of sp³-hybridized carbons (Fsp3) is 0.333. The maximum atomic E-state index is 13.3. The van der Waals surface area contributed by atoms with Gasteiger partial charge in [0.1, 0.15) is 11.6 Å². The molecular formula is C21H23N5O2. The van der Waals surface area contributed by atoms with Crippen LogP contribution in [0.4, 0.5) is 0 Å². The summed E-state index contributed by atoms with van der Waals surface area (Å²) in [6.07, 6.45) is 2.75. The van der Waals surface area contributed by atoms with Crippen molar-refractivity contribution in [3.8, 4) is 17.0 Å². The number of pyridine rings is 1. The lowest BCUT2D eigenvalue weighted by Crippen LogP contribution is -2.22. The molecule has 4 rings (SSSR count). The second-order valence-corrected chi connectivity index (χ2v) is 7.32. The molecule has 7 nitrogen and oxygen atoms in total. The van der Waals surface area contributed by atoms with Crippen LogP contribution in [0.25, 0.3) is 27.9 Å². The van der Waals surface area contributed by atoms with E-state index >= 15 is 0 Å². The summed E-state index contributed by atoms with van der Waals surface area (Å²) in [6, 6.07) is 9.48. The van der Waals surface area contributed by atoms with Crippen LogP contribution in [0.15, 0.2) is 41.3 Å². The molecule has 7 heteroatoms. The third-order valence-corrected chi connectivity index (χ3v) is 4.82. The first-order valence-electron chi connectivity index (χ1n) is 9.39. The lowest BCUT2D eigenvalue weighted by atomic mass is 10.1. The minimum absolute atomic E-state index is 0.0634. The molecule has 0 aliphatic carbocycles. The van der Waals surface area contributed by atoms with Crippen molar-refractivity contribution in [3.05, 3.63) is 52.7 Å². The molecule has 3 heterocycles. The van der Waals surface area contributed by atoms with E-state index in [-0.39, 0.29) is 5.56 Å². The highest BCUT2D eigenvalue weighted by Crippen LogP contribution is 2.27. The second-order valence-electron chi connectivity index (χ2n) is 7.32. The van der Waals surface area contributed by atoms with E-state index in [2.05, 4.69) is 28.9 Å². The average Bonchev–Trinajstić information content (AvgIpc) is 3.05. The van der Waals surface area contributed by atoms with Crippen molar-refractivity contribution in [2.75, 3.05) is 7.11 Å². The van der Waals surface area contributed by atoms with Gasteiger partial charge in [-0.3, -0.25) is 4.79 Å². The molecule has 3 aromatic heterocycles. The third kappa shape index (κ3) is 3.13. The monoisotopic (exact) mass is 377 g/mol. The van der Waals surface area contributed by atoms with Gasteiger partial charge in [0.15, 0.2) is 0 Å². The number of benzene rings is 1. The zero-order valence-electron chi connectivity index (χ0n) is 16.5. The Morgan fingerprint density at radius 1 is 1.11 bits per heavy atom. The van der Waals surface area contributed by atoms with Crippen molar-refractivity contribution >= 4 is 16.7 Å². The predicted octanol–water partition coefficient (Wildman–Crippen LogP) is 3.47. The SMILES string of the molecule is COc1ccc(-c2c3c(=O)n(CCC(C)C)ccc3nc3nc(C)nn23)cc1. The van der Waals surface area contributed by atoms with Crippen LogP contribution in [0.3, 0.4) is 0 Å². The van der Waals surface area contributed by atoms with Crippen LogP contribution in [-0.4, -0.2) is 31.3 Å². The number of aromatic nitrogens is 5. The molecule has 0 spiro atoms. The fourth-order valence-corrected chi connectivity index (χ4v) is 3.31. The molecular weight excluding hydrogens is 354 g/mol. The number of fused-ring (bicyclic) bond motifs is 2. The van der Waals surface area contributed by atoms with Gasteiger partial charge in [0.25, 0.3) is 11.3 Å². The highest BCUT2D eigenvalue weighted by atomic mass is 16.5. The van der Waals surface area contributed by atoms with Crippen molar-refractivity contribution < 1.29 is 4.74 Å². The van der Waals surface area contributed by atoms with Crippen molar-refractivity contribution in [2.24, 2.45) is 5.92 Å². The van der Waals surface area contributed by atoms with Crippen LogP contribution in [0.2, 0.25) is 0 Å². The quantitative estimate of drug-likeness (QED) is 0.532. The molecule has 0 fully saturated rings. The highest BCUT2D eigenvalue weighted by molar-refractivity contribution is 5.93. The average molecular weight is 377 g/mol. The Hall–Kier alpha value is -3.22. The summed E-state index contributed by atoms with van der Waals surface area (Å²) < 4.78 is 8.69. The molecule has 0 radical (unpaired) electrons. The first-order chi connectivity index (χ1) is 13.5. The first kappa shape index (κ1) is 18.2. The second kappa shape index (κ2) is 7.07. The van der Waals surface area contributed by atoms with E-state index in [0.717, 1.165) is 17.7 Å². The van der Waals surface area contributed by atoms with Crippen LogP contribution >= 0.6 is 0 Å². The van der Waals surface area contributed by atoms with Crippen LogP contribution in [0.5, 0.6) is 5.75 Å². The molecule has 0 aliphatic heterocycles. The molecule has 0 saturated heterocycles. The van der Waals surface area contributed by atoms with E-state index in [1.807, 2.05) is 43.5 Å². The Kier molecular flexibility index (Phi) is 4.58. The van der Waals surface area contributed by atoms with Crippen LogP contribution in [0, 0.1) is 12.8 Å². The van der Waals surface area contributed by atoms with Gasteiger partial charge < -0.3 is 9.30 Å². The van der Waals surface area contributed by atoms with E-state index in [1.165, 1.54) is 0 Å². The number of methoxy groups -OCH3 is 1. The Bertz CT molecular complexity index is 1210. The van der Waals surface area contributed by atoms with Gasteiger partial charge in [0, 0.05) is 18.3 Å². The maximum Gasteiger partial charge on any atom is 0.262 e. The van der Waals surface area contributed by atoms with E-state index in [9.17, 15) is 4.79 Å². The Morgan fingerprint density at radius 3 is 2.54 bits per heavy atom. The molecule has 0 unspecified atom stereocenters. The Labute approximate surface area is 162 Å². The summed E-state index contributed by atoms with van der Waals surface area (Å²) >= 11 is 0. The van der Waals surface area contributed by atoms with E-state index in [4.69, 9.17) is 4.74 Å². The van der Waals surface area contributed by atoms with E-state index in [0.29, 0.717) is 40.7 Å². The number of ether oxygens (including phenoxy) is 1. The molecule has 28 heavy (non-hydrogen) atoms. The molecule has 144 valence electrons. The van der Waals surface area contributed by atoms with Crippen molar-refractivity contribution in [3.63, 3.8) is 0 Å². The smallest absolute Gasteiger partial charge is 0.262 e. The number of rotatable bonds is 5. The predicted molar refractivity (Wildman–Crippen MR) is 109 cm³/mol. The maximum absolute atomic E-state index is 13.3. The summed E-state index contributed by atoms with van der Waals surface area (Å²) in [5, 5.41) is 5.04. The van der Waals surface area contributed by atoms with Gasteiger partial charge >= 0.3 is 0 Å². The van der Waals surface area contributed by atoms with Gasteiger partial charge in [-0.2, -0.15) is 9.50 Å². The molecule has 4 aromatic rings. The van der Waals surface area contributed by atoms with Crippen molar-refractivity contribution in [2.45, 2.75) is 33.7 Å². The lowest BCUT2D eigenvalue weighted by molar-refractivity contribution is 0.415. The Balaban J connectivity index is 2.03. The third-order valence-electron chi connectivity index (χ3n) is 4.82. The van der Waals surface area contributed by atoms with Gasteiger partial charge in [-0.05, 0) is 49.6 Å². The summed E-state index contributed by atoms with van der Waals surface area (Å²) in [4.78, 5) is 22.3. The Morgan fingerprint density at radius 2 is 1.86 bits per heavy atom. The number of hydrogen-bond acceptors (Lipinski definition) is 5. The minimum atomic E-state index is -0.0634. The molecule has 1 aromatic carbocycles. The van der Waals surface area contributed by atoms with E-state index < -0.39 is 0 Å². The van der Waals surface area contributed by atoms with Crippen molar-refractivity contribution in [1.82, 2.24) is 24.1 Å². The van der Waals surface area contributed by atoms with Crippen LogP contribution < -0.4 is 10.3 Å². The summed E-state index contributed by atoms with van der Waals surface area (Å²) in [5.41, 5.74) is 2.12. The van der Waals surface area contributed by atoms with Gasteiger partial charge in [-0.15, -0.1) is 5.10 Å². The molecule has 0 atom stereocenters. The van der Waals surface area contributed by atoms with Crippen molar-refractivity contribution in [1.29, 1.82) is 0 Å². The van der Waals surface area contributed by atoms with Crippen LogP contribution in [-0.2, 0) is 6.54 Å². The number of nitrogens with zero attached hydrogens (tertiary/aromatic N) is 5. The lowest BCUT2D eigenvalue weighted by Gasteiger charge is -2.12. The largest absolute Gasteiger partial charge is 0.497 e. The fourth-order valence-electron chi connectivity index (χ4n) is 3.31. The normalized spacial score (nSPS) is 11.6. The van der Waals surface area contributed by atoms with Gasteiger partial charge in [-0.25, -0.2) is 4.98 Å².